The first-order valence-electron chi connectivity index (χ1n) is 10.1. The van der Waals surface area contributed by atoms with Gasteiger partial charge in [-0.2, -0.15) is 0 Å². The molecular formula is C22H20MnN2O8. The minimum atomic E-state index is -1.44. The Morgan fingerprint density at radius 1 is 0.848 bits per heavy atom. The Labute approximate surface area is 194 Å². The van der Waals surface area contributed by atoms with E-state index in [9.17, 15) is 4.79 Å². The predicted octanol–water partition coefficient (Wildman–Crippen LogP) is 1.54. The van der Waals surface area contributed by atoms with Crippen LogP contribution in [0.2, 0.25) is 0 Å². The number of hydrogen-bond acceptors (Lipinski definition) is 10. The SMILES string of the molecule is O=CC1=Cc2ncc3c(c2C1)OCCO3.OCC1=Cc2ncc3c(c2C1)OCCO3.[O]=[Mn]=[O]. The van der Waals surface area contributed by atoms with Gasteiger partial charge in [0, 0.05) is 24.0 Å². The minimum absolute atomic E-state index is 0.0754. The molecule has 11 heteroatoms. The molecule has 0 spiro atoms. The second kappa shape index (κ2) is 10.6. The summed E-state index contributed by atoms with van der Waals surface area (Å²) in [6, 6.07) is 0. The maximum atomic E-state index is 10.7. The van der Waals surface area contributed by atoms with Gasteiger partial charge in [-0.3, -0.25) is 14.8 Å². The van der Waals surface area contributed by atoms with Crippen molar-refractivity contribution in [1.82, 2.24) is 9.97 Å². The summed E-state index contributed by atoms with van der Waals surface area (Å²) in [6.07, 6.45) is 9.21. The second-order valence-corrected chi connectivity index (χ2v) is 7.44. The van der Waals surface area contributed by atoms with E-state index in [2.05, 4.69) is 9.97 Å². The van der Waals surface area contributed by atoms with Crippen molar-refractivity contribution in [2.24, 2.45) is 0 Å². The van der Waals surface area contributed by atoms with Gasteiger partial charge < -0.3 is 24.1 Å². The molecule has 2 aliphatic carbocycles. The van der Waals surface area contributed by atoms with Crippen LogP contribution >= 0.6 is 0 Å². The Balaban J connectivity index is 0.000000141. The van der Waals surface area contributed by atoms with Gasteiger partial charge in [0.05, 0.1) is 30.4 Å². The number of aromatic nitrogens is 2. The second-order valence-electron chi connectivity index (χ2n) is 7.24. The number of hydrogen-bond donors (Lipinski definition) is 1. The molecule has 2 aromatic heterocycles. The number of rotatable bonds is 2. The third-order valence-electron chi connectivity index (χ3n) is 5.23. The standard InChI is InChI=1S/C11H11NO3.C11H9NO3.Mn.2O/c2*13-6-7-3-8-9(4-7)12-5-10-11(8)15-2-1-14-10;;;/h4-5,13H,1-3,6H2;4-6H,1-3H2;;;. The van der Waals surface area contributed by atoms with Crippen LogP contribution in [0.25, 0.3) is 12.2 Å². The summed E-state index contributed by atoms with van der Waals surface area (Å²) in [4.78, 5) is 19.2. The molecule has 1 N–H and O–H groups in total. The predicted molar refractivity (Wildman–Crippen MR) is 108 cm³/mol. The van der Waals surface area contributed by atoms with Crippen molar-refractivity contribution in [3.63, 3.8) is 0 Å². The molecule has 173 valence electrons. The molecule has 6 rings (SSSR count). The molecule has 33 heavy (non-hydrogen) atoms. The van der Waals surface area contributed by atoms with Crippen molar-refractivity contribution in [2.45, 2.75) is 12.8 Å². The zero-order valence-electron chi connectivity index (χ0n) is 17.4. The Morgan fingerprint density at radius 3 is 1.91 bits per heavy atom. The summed E-state index contributed by atoms with van der Waals surface area (Å²) >= 11 is -1.44. The molecule has 0 saturated heterocycles. The van der Waals surface area contributed by atoms with Crippen LogP contribution in [0.5, 0.6) is 23.0 Å². The van der Waals surface area contributed by atoms with Crippen LogP contribution in [0.15, 0.2) is 23.5 Å². The Kier molecular flexibility index (Phi) is 7.33. The van der Waals surface area contributed by atoms with Crippen molar-refractivity contribution in [1.29, 1.82) is 0 Å². The third kappa shape index (κ3) is 4.90. The average Bonchev–Trinajstić information content (AvgIpc) is 3.49. The molecule has 2 aliphatic heterocycles. The molecule has 0 bridgehead atoms. The number of pyridine rings is 2. The number of aliphatic hydroxyl groups is 1. The quantitative estimate of drug-likeness (QED) is 0.483. The average molecular weight is 495 g/mol. The zero-order chi connectivity index (χ0) is 23.2. The molecule has 0 saturated carbocycles. The van der Waals surface area contributed by atoms with E-state index >= 15 is 0 Å². The molecule has 0 atom stereocenters. The normalized spacial score (nSPS) is 15.9. The first-order chi connectivity index (χ1) is 16.2. The molecule has 0 aromatic carbocycles. The number of fused-ring (bicyclic) bond motifs is 6. The van der Waals surface area contributed by atoms with Crippen molar-refractivity contribution in [3.05, 3.63) is 46.1 Å². The molecule has 4 aliphatic rings. The van der Waals surface area contributed by atoms with Gasteiger partial charge in [-0.25, -0.2) is 0 Å². The molecule has 0 amide bonds. The molecule has 10 nitrogen and oxygen atoms in total. The summed E-state index contributed by atoms with van der Waals surface area (Å²) < 4.78 is 38.8. The van der Waals surface area contributed by atoms with E-state index in [4.69, 9.17) is 31.7 Å². The van der Waals surface area contributed by atoms with Crippen LogP contribution in [0.4, 0.5) is 0 Å². The maximum absolute atomic E-state index is 10.7. The van der Waals surface area contributed by atoms with E-state index in [0.29, 0.717) is 50.8 Å². The van der Waals surface area contributed by atoms with Crippen LogP contribution in [0.1, 0.15) is 22.5 Å². The van der Waals surface area contributed by atoms with Crippen molar-refractivity contribution < 1.29 is 51.3 Å². The van der Waals surface area contributed by atoms with E-state index < -0.39 is 14.8 Å². The van der Waals surface area contributed by atoms with Crippen molar-refractivity contribution >= 4 is 18.4 Å². The van der Waals surface area contributed by atoms with E-state index in [1.165, 1.54) is 0 Å². The van der Waals surface area contributed by atoms with Crippen LogP contribution in [-0.2, 0) is 40.1 Å². The fourth-order valence-electron chi connectivity index (χ4n) is 3.84. The van der Waals surface area contributed by atoms with E-state index in [1.807, 2.05) is 6.08 Å². The van der Waals surface area contributed by atoms with E-state index in [1.54, 1.807) is 18.5 Å². The van der Waals surface area contributed by atoms with Crippen LogP contribution in [0.3, 0.4) is 0 Å². The third-order valence-corrected chi connectivity index (χ3v) is 5.23. The topological polar surface area (TPSA) is 134 Å². The van der Waals surface area contributed by atoms with Gasteiger partial charge in [0.25, 0.3) is 0 Å². The molecule has 2 aromatic rings. The number of nitrogens with zero attached hydrogens (tertiary/aromatic N) is 2. The Morgan fingerprint density at radius 2 is 1.36 bits per heavy atom. The summed E-state index contributed by atoms with van der Waals surface area (Å²) in [6.45, 7) is 2.35. The summed E-state index contributed by atoms with van der Waals surface area (Å²) in [5.41, 5.74) is 5.43. The number of allylic oxidation sites excluding steroid dienone is 1. The van der Waals surface area contributed by atoms with Gasteiger partial charge in [-0.15, -0.1) is 0 Å². The fourth-order valence-corrected chi connectivity index (χ4v) is 3.84. The Bertz CT molecular complexity index is 1170. The first-order valence-corrected chi connectivity index (χ1v) is 11.0. The van der Waals surface area contributed by atoms with Gasteiger partial charge in [0.15, 0.2) is 23.0 Å². The number of ether oxygens (including phenoxy) is 4. The van der Waals surface area contributed by atoms with Crippen molar-refractivity contribution in [2.75, 3.05) is 33.0 Å². The van der Waals surface area contributed by atoms with Crippen molar-refractivity contribution in [3.8, 4) is 23.0 Å². The molecule has 4 heterocycles. The van der Waals surface area contributed by atoms with Gasteiger partial charge in [-0.1, -0.05) is 0 Å². The molecule has 0 radical (unpaired) electrons. The molecule has 0 fully saturated rings. The molecule has 0 unspecified atom stereocenters. The number of aliphatic hydroxyl groups excluding tert-OH is 1. The van der Waals surface area contributed by atoms with Gasteiger partial charge in [0.2, 0.25) is 0 Å². The monoisotopic (exact) mass is 495 g/mol. The summed E-state index contributed by atoms with van der Waals surface area (Å²) in [7, 11) is 0. The molecular weight excluding hydrogens is 475 g/mol. The summed E-state index contributed by atoms with van der Waals surface area (Å²) in [5.74, 6) is 2.94. The fraction of sp³-hybridized carbons (Fsp3) is 0.318. The van der Waals surface area contributed by atoms with E-state index in [-0.39, 0.29) is 6.61 Å². The van der Waals surface area contributed by atoms with Gasteiger partial charge in [-0.05, 0) is 23.3 Å². The number of carbonyl (C=O) groups excluding carboxylic acids is 1. The zero-order valence-corrected chi connectivity index (χ0v) is 18.6. The van der Waals surface area contributed by atoms with Gasteiger partial charge >= 0.3 is 22.5 Å². The number of aldehydes is 1. The summed E-state index contributed by atoms with van der Waals surface area (Å²) in [5, 5.41) is 9.07. The van der Waals surface area contributed by atoms with Crippen LogP contribution in [0, 0.1) is 0 Å². The van der Waals surface area contributed by atoms with E-state index in [0.717, 1.165) is 51.4 Å². The van der Waals surface area contributed by atoms with Gasteiger partial charge in [0.1, 0.15) is 32.7 Å². The van der Waals surface area contributed by atoms with Crippen LogP contribution < -0.4 is 18.9 Å². The van der Waals surface area contributed by atoms with Crippen LogP contribution in [-0.4, -0.2) is 54.4 Å². The first kappa shape index (κ1) is 22.9. The number of carbonyl (C=O) groups is 1. The Hall–Kier alpha value is -3.27.